The third-order valence-electron chi connectivity index (χ3n) is 8.88. The van der Waals surface area contributed by atoms with Crippen LogP contribution in [0.3, 0.4) is 0 Å². The van der Waals surface area contributed by atoms with E-state index in [1.54, 1.807) is 69.2 Å². The maximum Gasteiger partial charge on any atom is 0.0132 e. The second kappa shape index (κ2) is 28.0. The van der Waals surface area contributed by atoms with E-state index < -0.39 is 0 Å². The van der Waals surface area contributed by atoms with Gasteiger partial charge < -0.3 is 24.8 Å². The summed E-state index contributed by atoms with van der Waals surface area (Å²) in [4.78, 5) is 0. The standard InChI is InChI=1S/4C11H12Si.2C3H6.2ClH.2Zr/c4*1-12(2)11-8-7-9-5-3-4-6-10(9)11;2*1-3-2;;;;/h4*3-8H,1-2H3;2*1-2H3;2*1H;;/q4*-1;;;;;2*+2/p-2. The monoisotopic (exact) mass is 1020 g/mol. The van der Waals surface area contributed by atoms with Crippen LogP contribution in [0.25, 0.3) is 43.1 Å². The third-order valence-corrected chi connectivity index (χ3v) is 14.9. The van der Waals surface area contributed by atoms with Gasteiger partial charge in [0, 0.05) is 35.2 Å². The van der Waals surface area contributed by atoms with Crippen molar-refractivity contribution in [3.05, 3.63) is 146 Å². The van der Waals surface area contributed by atoms with Crippen molar-refractivity contribution in [1.82, 2.24) is 0 Å². The Balaban J connectivity index is 0.000000360. The van der Waals surface area contributed by atoms with Crippen molar-refractivity contribution in [3.8, 4) is 0 Å². The van der Waals surface area contributed by atoms with Crippen molar-refractivity contribution in [2.45, 2.75) is 80.1 Å². The summed E-state index contributed by atoms with van der Waals surface area (Å²) in [6.45, 7) is 27.2. The summed E-state index contributed by atoms with van der Waals surface area (Å²) in [5, 5.41) is 17.6. The molecule has 8 heteroatoms. The first-order chi connectivity index (χ1) is 26.6. The molecule has 4 radical (unpaired) electrons. The molecule has 0 unspecified atom stereocenters. The van der Waals surface area contributed by atoms with Gasteiger partial charge in [0.05, 0.1) is 0 Å². The van der Waals surface area contributed by atoms with Crippen molar-refractivity contribution >= 4 is 105 Å². The zero-order chi connectivity index (χ0) is 41.4. The van der Waals surface area contributed by atoms with Gasteiger partial charge in [0.15, 0.2) is 0 Å². The minimum absolute atomic E-state index is 0. The Kier molecular flexibility index (Phi) is 26.2. The summed E-state index contributed by atoms with van der Waals surface area (Å²) >= 11 is 3.11. The Morgan fingerprint density at radius 3 is 0.655 bits per heavy atom. The summed E-state index contributed by atoms with van der Waals surface area (Å²) in [6.07, 6.45) is 0. The van der Waals surface area contributed by atoms with Crippen LogP contribution < -0.4 is 45.6 Å². The molecule has 8 aromatic rings. The van der Waals surface area contributed by atoms with Crippen LogP contribution >= 0.6 is 0 Å². The van der Waals surface area contributed by atoms with E-state index in [4.69, 9.17) is 0 Å². The summed E-state index contributed by atoms with van der Waals surface area (Å²) in [7, 11) is -1.18. The normalized spacial score (nSPS) is 10.3. The summed E-state index contributed by atoms with van der Waals surface area (Å²) in [5.74, 6) is 0. The van der Waals surface area contributed by atoms with Crippen LogP contribution in [-0.2, 0) is 48.5 Å². The number of benzene rings is 4. The quantitative estimate of drug-likeness (QED) is 0.160. The van der Waals surface area contributed by atoms with Crippen molar-refractivity contribution in [2.75, 3.05) is 0 Å². The van der Waals surface area contributed by atoms with Crippen molar-refractivity contribution in [1.29, 1.82) is 0 Å². The molecule has 8 rings (SSSR count). The van der Waals surface area contributed by atoms with Gasteiger partial charge in [-0.3, -0.25) is 0 Å². The minimum atomic E-state index is -0.294. The van der Waals surface area contributed by atoms with Gasteiger partial charge in [-0.05, 0) is 0 Å². The topological polar surface area (TPSA) is 0 Å². The van der Waals surface area contributed by atoms with Crippen LogP contribution in [0, 0.1) is 0 Å². The van der Waals surface area contributed by atoms with Crippen molar-refractivity contribution in [3.63, 3.8) is 0 Å². The van der Waals surface area contributed by atoms with Gasteiger partial charge >= 0.3 is 82.6 Å². The molecule has 8 aromatic carbocycles. The summed E-state index contributed by atoms with van der Waals surface area (Å²) in [5.41, 5.74) is 0. The molecule has 0 fully saturated rings. The molecular formula is C50H60Cl2Si4Zr2-2. The molecule has 0 spiro atoms. The molecule has 0 aliphatic heterocycles. The smallest absolute Gasteiger partial charge is 0.0132 e. The maximum atomic E-state index is 2.34. The van der Waals surface area contributed by atoms with Gasteiger partial charge in [-0.1, -0.05) is 76.6 Å². The number of hydrogen-bond donors (Lipinski definition) is 0. The van der Waals surface area contributed by atoms with E-state index in [1.165, 1.54) is 49.5 Å². The van der Waals surface area contributed by atoms with Crippen LogP contribution in [0.2, 0.25) is 52.4 Å². The van der Waals surface area contributed by atoms with E-state index >= 15 is 0 Å². The SMILES string of the molecule is C[C](C)=[Zr+2].C[C](C)=[Zr+2].C[Si](C)c1c[cH-]c2ccccc12.C[Si](C)c1c[cH-]c2ccccc12.C[Si](C)c1c[cH-]c2ccccc12.C[Si](C)c1c[cH-]c2ccccc12.[Cl-].[Cl-]. The van der Waals surface area contributed by atoms with Crippen LogP contribution in [0.1, 0.15) is 27.7 Å². The van der Waals surface area contributed by atoms with E-state index in [-0.39, 0.29) is 60.0 Å². The molecule has 0 saturated heterocycles. The summed E-state index contributed by atoms with van der Waals surface area (Å²) < 4.78 is 3.01. The van der Waals surface area contributed by atoms with E-state index in [2.05, 4.69) is 226 Å². The first-order valence-corrected chi connectivity index (χ1v) is 31.9. The summed E-state index contributed by atoms with van der Waals surface area (Å²) in [6, 6.07) is 52.5. The molecule has 0 aliphatic carbocycles. The fraction of sp³-hybridized carbons (Fsp3) is 0.240. The average molecular weight is 1030 g/mol. The molecule has 0 amide bonds. The molecule has 0 nitrogen and oxygen atoms in total. The van der Waals surface area contributed by atoms with E-state index in [1.807, 2.05) is 0 Å². The number of halogens is 2. The van der Waals surface area contributed by atoms with Crippen LogP contribution in [0.4, 0.5) is 0 Å². The van der Waals surface area contributed by atoms with E-state index in [0.717, 1.165) is 0 Å². The predicted molar refractivity (Wildman–Crippen MR) is 259 cm³/mol. The Labute approximate surface area is 400 Å². The second-order valence-corrected chi connectivity index (χ2v) is 30.4. The fourth-order valence-corrected chi connectivity index (χ4v) is 11.1. The Bertz CT molecular complexity index is 2060. The number of fused-ring (bicyclic) bond motifs is 4. The molecule has 0 heterocycles. The van der Waals surface area contributed by atoms with Gasteiger partial charge in [-0.2, -0.15) is 66.6 Å². The van der Waals surface area contributed by atoms with Gasteiger partial charge in [0.1, 0.15) is 0 Å². The Hall–Kier alpha value is -1.73. The predicted octanol–water partition coefficient (Wildman–Crippen LogP) is 5.58. The molecule has 0 aromatic heterocycles. The molecule has 0 saturated carbocycles. The van der Waals surface area contributed by atoms with Gasteiger partial charge in [-0.15, -0.1) is 119 Å². The average Bonchev–Trinajstić information content (AvgIpc) is 3.96. The Morgan fingerprint density at radius 1 is 0.345 bits per heavy atom. The molecular weight excluding hydrogens is 966 g/mol. The molecule has 0 bridgehead atoms. The second-order valence-electron chi connectivity index (χ2n) is 15.3. The van der Waals surface area contributed by atoms with Crippen LogP contribution in [-0.4, -0.2) is 41.6 Å². The Morgan fingerprint density at radius 2 is 0.500 bits per heavy atom. The van der Waals surface area contributed by atoms with Crippen molar-refractivity contribution in [2.24, 2.45) is 0 Å². The van der Waals surface area contributed by atoms with Gasteiger partial charge in [0.25, 0.3) is 0 Å². The van der Waals surface area contributed by atoms with Crippen molar-refractivity contribution < 1.29 is 73.3 Å². The van der Waals surface area contributed by atoms with Crippen LogP contribution in [0.15, 0.2) is 146 Å². The maximum absolute atomic E-state index is 2.34. The molecule has 58 heavy (non-hydrogen) atoms. The first kappa shape index (κ1) is 54.3. The van der Waals surface area contributed by atoms with E-state index in [9.17, 15) is 0 Å². The van der Waals surface area contributed by atoms with Gasteiger partial charge in [0.2, 0.25) is 0 Å². The molecule has 300 valence electrons. The zero-order valence-electron chi connectivity index (χ0n) is 36.6. The van der Waals surface area contributed by atoms with E-state index in [0.29, 0.717) is 0 Å². The number of hydrogen-bond acceptors (Lipinski definition) is 0. The molecule has 0 aliphatic rings. The first-order valence-electron chi connectivity index (χ1n) is 19.5. The number of rotatable bonds is 4. The minimum Gasteiger partial charge on any atom is -1.00 e. The largest absolute Gasteiger partial charge is 1.00 e. The van der Waals surface area contributed by atoms with Crippen LogP contribution in [0.5, 0.6) is 0 Å². The van der Waals surface area contributed by atoms with Gasteiger partial charge in [-0.25, -0.2) is 0 Å². The molecule has 0 N–H and O–H groups in total. The third kappa shape index (κ3) is 17.3. The molecule has 0 atom stereocenters. The fourth-order valence-electron chi connectivity index (χ4n) is 6.35. The zero-order valence-corrected chi connectivity index (χ0v) is 47.0.